The van der Waals surface area contributed by atoms with Gasteiger partial charge in [-0.3, -0.25) is 24.5 Å². The van der Waals surface area contributed by atoms with Gasteiger partial charge in [-0.15, -0.1) is 0 Å². The van der Waals surface area contributed by atoms with Crippen LogP contribution in [-0.2, 0) is 4.79 Å². The number of aryl methyl sites for hydroxylation is 1. The van der Waals surface area contributed by atoms with E-state index in [9.17, 15) is 19.2 Å². The van der Waals surface area contributed by atoms with Crippen molar-refractivity contribution in [2.75, 3.05) is 12.4 Å². The molecule has 2 rings (SSSR count). The Labute approximate surface area is 166 Å². The average molecular weight is 407 g/mol. The SMILES string of the molecule is COc1ccc(Cl)cc1C(=O)CCC(=O)Nc1oc(C)c(C(C)=O)c1C(N)=O. The molecule has 0 saturated carbocycles. The second-order valence-corrected chi connectivity index (χ2v) is 6.41. The van der Waals surface area contributed by atoms with Crippen LogP contribution in [0.25, 0.3) is 0 Å². The molecule has 1 heterocycles. The normalized spacial score (nSPS) is 10.4. The van der Waals surface area contributed by atoms with Crippen LogP contribution < -0.4 is 15.8 Å². The maximum absolute atomic E-state index is 12.4. The summed E-state index contributed by atoms with van der Waals surface area (Å²) in [5.74, 6) is -1.95. The highest BCUT2D eigenvalue weighted by atomic mass is 35.5. The molecular formula is C19H19ClN2O6. The molecule has 0 unspecified atom stereocenters. The molecule has 28 heavy (non-hydrogen) atoms. The van der Waals surface area contributed by atoms with Gasteiger partial charge in [0.1, 0.15) is 17.1 Å². The number of nitrogens with one attached hydrogen (secondary N) is 1. The zero-order valence-electron chi connectivity index (χ0n) is 15.6. The lowest BCUT2D eigenvalue weighted by molar-refractivity contribution is -0.116. The monoisotopic (exact) mass is 406 g/mol. The molecule has 148 valence electrons. The third-order valence-corrected chi connectivity index (χ3v) is 4.21. The zero-order chi connectivity index (χ0) is 21.0. The molecule has 8 nitrogen and oxygen atoms in total. The molecule has 0 radical (unpaired) electrons. The highest BCUT2D eigenvalue weighted by Gasteiger charge is 2.26. The van der Waals surface area contributed by atoms with E-state index >= 15 is 0 Å². The quantitative estimate of drug-likeness (QED) is 0.648. The number of nitrogens with two attached hydrogens (primary N) is 1. The summed E-state index contributed by atoms with van der Waals surface area (Å²) in [4.78, 5) is 48.0. The van der Waals surface area contributed by atoms with Crippen molar-refractivity contribution in [3.05, 3.63) is 45.7 Å². The first kappa shape index (κ1) is 21.2. The number of rotatable bonds is 8. The van der Waals surface area contributed by atoms with E-state index < -0.39 is 17.6 Å². The summed E-state index contributed by atoms with van der Waals surface area (Å²) < 4.78 is 10.4. The molecule has 0 aliphatic rings. The Morgan fingerprint density at radius 1 is 1.18 bits per heavy atom. The number of amides is 2. The number of furan rings is 1. The minimum Gasteiger partial charge on any atom is -0.496 e. The number of ketones is 2. The van der Waals surface area contributed by atoms with Crippen LogP contribution >= 0.6 is 11.6 Å². The molecule has 2 aromatic rings. The number of primary amides is 1. The number of benzene rings is 1. The Hall–Kier alpha value is -3.13. The predicted molar refractivity (Wildman–Crippen MR) is 102 cm³/mol. The van der Waals surface area contributed by atoms with E-state index in [1.807, 2.05) is 0 Å². The predicted octanol–water partition coefficient (Wildman–Crippen LogP) is 3.15. The van der Waals surface area contributed by atoms with Gasteiger partial charge in [-0.1, -0.05) is 11.6 Å². The number of ether oxygens (including phenoxy) is 1. The van der Waals surface area contributed by atoms with E-state index in [0.717, 1.165) is 0 Å². The molecule has 0 saturated heterocycles. The highest BCUT2D eigenvalue weighted by Crippen LogP contribution is 2.28. The van der Waals surface area contributed by atoms with E-state index in [2.05, 4.69) is 5.32 Å². The van der Waals surface area contributed by atoms with E-state index in [1.165, 1.54) is 27.0 Å². The molecule has 1 aromatic heterocycles. The summed E-state index contributed by atoms with van der Waals surface area (Å²) in [6, 6.07) is 4.60. The first-order valence-corrected chi connectivity index (χ1v) is 8.64. The second-order valence-electron chi connectivity index (χ2n) is 5.97. The van der Waals surface area contributed by atoms with Crippen LogP contribution in [0.2, 0.25) is 5.02 Å². The summed E-state index contributed by atoms with van der Waals surface area (Å²) in [6.45, 7) is 2.74. The van der Waals surface area contributed by atoms with E-state index in [0.29, 0.717) is 10.8 Å². The van der Waals surface area contributed by atoms with Crippen molar-refractivity contribution in [2.24, 2.45) is 5.73 Å². The van der Waals surface area contributed by atoms with Crippen LogP contribution in [0.3, 0.4) is 0 Å². The lowest BCUT2D eigenvalue weighted by atomic mass is 10.0. The molecule has 0 aliphatic heterocycles. The van der Waals surface area contributed by atoms with Crippen molar-refractivity contribution in [3.63, 3.8) is 0 Å². The molecule has 0 aliphatic carbocycles. The number of Topliss-reactive ketones (excluding diaryl/α,β-unsaturated/α-hetero) is 2. The molecule has 0 spiro atoms. The number of methoxy groups -OCH3 is 1. The van der Waals surface area contributed by atoms with Gasteiger partial charge in [-0.25, -0.2) is 0 Å². The number of hydrogen-bond donors (Lipinski definition) is 2. The first-order valence-electron chi connectivity index (χ1n) is 8.26. The topological polar surface area (TPSA) is 129 Å². The van der Waals surface area contributed by atoms with Crippen molar-refractivity contribution in [1.29, 1.82) is 0 Å². The maximum Gasteiger partial charge on any atom is 0.255 e. The average Bonchev–Trinajstić information content (AvgIpc) is 2.95. The van der Waals surface area contributed by atoms with E-state index in [4.69, 9.17) is 26.5 Å². The molecule has 9 heteroatoms. The lowest BCUT2D eigenvalue weighted by Crippen LogP contribution is -2.19. The molecule has 1 aromatic carbocycles. The van der Waals surface area contributed by atoms with Crippen molar-refractivity contribution in [3.8, 4) is 5.75 Å². The molecular weight excluding hydrogens is 388 g/mol. The second kappa shape index (κ2) is 8.71. The Morgan fingerprint density at radius 3 is 2.43 bits per heavy atom. The number of hydrogen-bond acceptors (Lipinski definition) is 6. The van der Waals surface area contributed by atoms with Gasteiger partial charge in [0.25, 0.3) is 5.91 Å². The lowest BCUT2D eigenvalue weighted by Gasteiger charge is -2.08. The fourth-order valence-corrected chi connectivity index (χ4v) is 2.91. The van der Waals surface area contributed by atoms with Crippen LogP contribution in [0.4, 0.5) is 5.88 Å². The maximum atomic E-state index is 12.4. The summed E-state index contributed by atoms with van der Waals surface area (Å²) >= 11 is 5.91. The third kappa shape index (κ3) is 4.58. The Balaban J connectivity index is 2.13. The Bertz CT molecular complexity index is 964. The number of carbonyl (C=O) groups excluding carboxylic acids is 4. The largest absolute Gasteiger partial charge is 0.496 e. The van der Waals surface area contributed by atoms with Gasteiger partial charge in [0.05, 0.1) is 18.2 Å². The summed E-state index contributed by atoms with van der Waals surface area (Å²) in [7, 11) is 1.42. The molecule has 0 fully saturated rings. The minimum atomic E-state index is -0.905. The standard InChI is InChI=1S/C19H19ClN2O6/c1-9(23)16-10(2)28-19(17(16)18(21)26)22-15(25)7-5-13(24)12-8-11(20)4-6-14(12)27-3/h4,6,8H,5,7H2,1-3H3,(H2,21,26)(H,22,25). The van der Waals surface area contributed by atoms with Gasteiger partial charge in [-0.05, 0) is 32.0 Å². The number of anilines is 1. The molecule has 0 bridgehead atoms. The van der Waals surface area contributed by atoms with Crippen molar-refractivity contribution in [2.45, 2.75) is 26.7 Å². The summed E-state index contributed by atoms with van der Waals surface area (Å²) in [5.41, 5.74) is 5.38. The summed E-state index contributed by atoms with van der Waals surface area (Å²) in [6.07, 6.45) is -0.324. The van der Waals surface area contributed by atoms with Gasteiger partial charge < -0.3 is 14.9 Å². The van der Waals surface area contributed by atoms with Gasteiger partial charge in [0.2, 0.25) is 11.8 Å². The van der Waals surface area contributed by atoms with E-state index in [-0.39, 0.29) is 47.0 Å². The smallest absolute Gasteiger partial charge is 0.255 e. The van der Waals surface area contributed by atoms with Crippen LogP contribution in [-0.4, -0.2) is 30.5 Å². The van der Waals surface area contributed by atoms with Crippen molar-refractivity contribution < 1.29 is 28.3 Å². The fourth-order valence-electron chi connectivity index (χ4n) is 2.74. The summed E-state index contributed by atoms with van der Waals surface area (Å²) in [5, 5.41) is 2.75. The van der Waals surface area contributed by atoms with Gasteiger partial charge in [0.15, 0.2) is 11.6 Å². The number of carbonyl (C=O) groups is 4. The van der Waals surface area contributed by atoms with Gasteiger partial charge in [-0.2, -0.15) is 0 Å². The van der Waals surface area contributed by atoms with Crippen LogP contribution in [0, 0.1) is 6.92 Å². The van der Waals surface area contributed by atoms with Crippen LogP contribution in [0.1, 0.15) is 56.6 Å². The number of halogens is 1. The third-order valence-electron chi connectivity index (χ3n) is 3.98. The van der Waals surface area contributed by atoms with Gasteiger partial charge >= 0.3 is 0 Å². The molecule has 3 N–H and O–H groups in total. The molecule has 2 amide bonds. The fraction of sp³-hybridized carbons (Fsp3) is 0.263. The Kier molecular flexibility index (Phi) is 6.58. The Morgan fingerprint density at radius 2 is 1.86 bits per heavy atom. The first-order chi connectivity index (χ1) is 13.1. The van der Waals surface area contributed by atoms with Gasteiger partial charge in [0, 0.05) is 17.9 Å². The van der Waals surface area contributed by atoms with Crippen molar-refractivity contribution in [1.82, 2.24) is 0 Å². The minimum absolute atomic E-state index is 0.0162. The van der Waals surface area contributed by atoms with E-state index in [1.54, 1.807) is 12.1 Å². The van der Waals surface area contributed by atoms with Crippen molar-refractivity contribution >= 4 is 40.9 Å². The molecule has 0 atom stereocenters. The van der Waals surface area contributed by atoms with Crippen LogP contribution in [0.15, 0.2) is 22.6 Å². The highest BCUT2D eigenvalue weighted by molar-refractivity contribution is 6.31. The zero-order valence-corrected chi connectivity index (χ0v) is 16.3. The van der Waals surface area contributed by atoms with Crippen LogP contribution in [0.5, 0.6) is 5.75 Å².